The van der Waals surface area contributed by atoms with Crippen molar-refractivity contribution in [1.82, 2.24) is 25.5 Å². The van der Waals surface area contributed by atoms with Gasteiger partial charge in [-0.15, -0.1) is 5.10 Å². The number of amides is 1. The Morgan fingerprint density at radius 3 is 2.31 bits per heavy atom. The number of hydrogen-bond acceptors (Lipinski definition) is 5. The number of aryl methyl sites for hydroxylation is 2. The molecule has 0 spiro atoms. The average Bonchev–Trinajstić information content (AvgIpc) is 2.89. The first-order chi connectivity index (χ1) is 12.0. The summed E-state index contributed by atoms with van der Waals surface area (Å²) >= 11 is 1.34. The lowest BCUT2D eigenvalue weighted by molar-refractivity contribution is -0.120. The monoisotopic (exact) mass is 375 g/mol. The molecule has 0 aliphatic rings. The Balaban J connectivity index is 2.03. The SMILES string of the molecule is Cc1cc(C)cc(-n2nnnc2SCC(=O)NC(C)(C)CC(C)(C)C)c1. The van der Waals surface area contributed by atoms with E-state index in [0.29, 0.717) is 5.16 Å². The minimum Gasteiger partial charge on any atom is -0.350 e. The molecule has 0 atom stereocenters. The minimum atomic E-state index is -0.254. The fraction of sp³-hybridized carbons (Fsp3) is 0.579. The number of benzene rings is 1. The number of rotatable bonds is 6. The molecule has 26 heavy (non-hydrogen) atoms. The van der Waals surface area contributed by atoms with Crippen LogP contribution in [0.3, 0.4) is 0 Å². The largest absolute Gasteiger partial charge is 0.350 e. The van der Waals surface area contributed by atoms with Crippen molar-refractivity contribution in [3.05, 3.63) is 29.3 Å². The molecule has 2 rings (SSSR count). The Kier molecular flexibility index (Phi) is 6.11. The molecule has 0 radical (unpaired) electrons. The number of carbonyl (C=O) groups is 1. The molecule has 6 nitrogen and oxygen atoms in total. The number of carbonyl (C=O) groups excluding carboxylic acids is 1. The molecule has 0 unspecified atom stereocenters. The zero-order valence-electron chi connectivity index (χ0n) is 16.8. The Labute approximate surface area is 160 Å². The first kappa shape index (κ1) is 20.4. The van der Waals surface area contributed by atoms with Gasteiger partial charge in [0.25, 0.3) is 0 Å². The Bertz CT molecular complexity index is 756. The minimum absolute atomic E-state index is 0.0146. The van der Waals surface area contributed by atoms with Gasteiger partial charge in [0.15, 0.2) is 0 Å². The van der Waals surface area contributed by atoms with Crippen LogP contribution in [0, 0.1) is 19.3 Å². The average molecular weight is 376 g/mol. The number of aromatic nitrogens is 4. The van der Waals surface area contributed by atoms with Crippen LogP contribution in [-0.2, 0) is 4.79 Å². The van der Waals surface area contributed by atoms with Gasteiger partial charge in [-0.25, -0.2) is 0 Å². The van der Waals surface area contributed by atoms with E-state index in [2.05, 4.69) is 61.5 Å². The molecule has 1 heterocycles. The van der Waals surface area contributed by atoms with E-state index in [1.54, 1.807) is 4.68 Å². The van der Waals surface area contributed by atoms with Gasteiger partial charge in [-0.05, 0) is 73.2 Å². The molecule has 0 aliphatic heterocycles. The lowest BCUT2D eigenvalue weighted by Gasteiger charge is -2.33. The zero-order valence-corrected chi connectivity index (χ0v) is 17.6. The van der Waals surface area contributed by atoms with E-state index in [1.165, 1.54) is 11.8 Å². The van der Waals surface area contributed by atoms with E-state index in [9.17, 15) is 4.79 Å². The topological polar surface area (TPSA) is 72.7 Å². The van der Waals surface area contributed by atoms with Crippen LogP contribution >= 0.6 is 11.8 Å². The Hall–Kier alpha value is -1.89. The highest BCUT2D eigenvalue weighted by atomic mass is 32.2. The van der Waals surface area contributed by atoms with Crippen LogP contribution in [0.25, 0.3) is 5.69 Å². The number of nitrogens with one attached hydrogen (secondary N) is 1. The normalized spacial score (nSPS) is 12.3. The number of tetrazole rings is 1. The van der Waals surface area contributed by atoms with Gasteiger partial charge in [0.05, 0.1) is 11.4 Å². The van der Waals surface area contributed by atoms with Crippen LogP contribution in [0.5, 0.6) is 0 Å². The number of nitrogens with zero attached hydrogens (tertiary/aromatic N) is 4. The van der Waals surface area contributed by atoms with Crippen LogP contribution < -0.4 is 5.32 Å². The maximum Gasteiger partial charge on any atom is 0.230 e. The second-order valence-corrected chi connectivity index (χ2v) is 9.62. The molecule has 0 saturated carbocycles. The third-order valence-corrected chi connectivity index (χ3v) is 4.59. The highest BCUT2D eigenvalue weighted by molar-refractivity contribution is 7.99. The van der Waals surface area contributed by atoms with Crippen molar-refractivity contribution in [2.45, 2.75) is 65.6 Å². The van der Waals surface area contributed by atoms with Gasteiger partial charge in [-0.2, -0.15) is 4.68 Å². The van der Waals surface area contributed by atoms with Crippen molar-refractivity contribution in [3.8, 4) is 5.69 Å². The number of thioether (sulfide) groups is 1. The molecule has 1 aromatic carbocycles. The fourth-order valence-electron chi connectivity index (χ4n) is 3.42. The van der Waals surface area contributed by atoms with E-state index < -0.39 is 0 Å². The van der Waals surface area contributed by atoms with Gasteiger partial charge in [0.2, 0.25) is 11.1 Å². The predicted octanol–water partition coefficient (Wildman–Crippen LogP) is 3.70. The van der Waals surface area contributed by atoms with Crippen molar-refractivity contribution in [1.29, 1.82) is 0 Å². The van der Waals surface area contributed by atoms with E-state index in [0.717, 1.165) is 23.2 Å². The third kappa shape index (κ3) is 6.12. The summed E-state index contributed by atoms with van der Waals surface area (Å²) in [5, 5.41) is 15.6. The van der Waals surface area contributed by atoms with Crippen molar-refractivity contribution in [2.75, 3.05) is 5.75 Å². The second-order valence-electron chi connectivity index (χ2n) is 8.68. The van der Waals surface area contributed by atoms with Gasteiger partial charge in [0, 0.05) is 5.54 Å². The molecule has 1 aromatic heterocycles. The van der Waals surface area contributed by atoms with Crippen molar-refractivity contribution >= 4 is 17.7 Å². The summed E-state index contributed by atoms with van der Waals surface area (Å²) in [4.78, 5) is 12.4. The molecule has 0 saturated heterocycles. The van der Waals surface area contributed by atoms with Crippen LogP contribution in [0.1, 0.15) is 52.2 Å². The molecule has 1 N–H and O–H groups in total. The lowest BCUT2D eigenvalue weighted by Crippen LogP contribution is -2.46. The predicted molar refractivity (Wildman–Crippen MR) is 106 cm³/mol. The van der Waals surface area contributed by atoms with Crippen molar-refractivity contribution in [2.24, 2.45) is 5.41 Å². The quantitative estimate of drug-likeness (QED) is 0.779. The van der Waals surface area contributed by atoms with Gasteiger partial charge < -0.3 is 5.32 Å². The summed E-state index contributed by atoms with van der Waals surface area (Å²) in [6.07, 6.45) is 0.900. The molecule has 142 valence electrons. The third-order valence-electron chi connectivity index (χ3n) is 3.67. The van der Waals surface area contributed by atoms with E-state index in [1.807, 2.05) is 26.0 Å². The van der Waals surface area contributed by atoms with Crippen LogP contribution in [0.4, 0.5) is 0 Å². The summed E-state index contributed by atoms with van der Waals surface area (Å²) < 4.78 is 1.68. The maximum atomic E-state index is 12.4. The maximum absolute atomic E-state index is 12.4. The smallest absolute Gasteiger partial charge is 0.230 e. The molecule has 7 heteroatoms. The van der Waals surface area contributed by atoms with E-state index in [4.69, 9.17) is 0 Å². The van der Waals surface area contributed by atoms with Gasteiger partial charge in [-0.1, -0.05) is 38.6 Å². The Morgan fingerprint density at radius 1 is 1.12 bits per heavy atom. The standard InChI is InChI=1S/C19H29N5OS/c1-13-8-14(2)10-15(9-13)24-17(21-22-23-24)26-11-16(25)20-19(6,7)12-18(3,4)5/h8-10H,11-12H2,1-7H3,(H,20,25). The zero-order chi connectivity index (χ0) is 19.5. The van der Waals surface area contributed by atoms with Gasteiger partial charge in [-0.3, -0.25) is 4.79 Å². The molecule has 0 bridgehead atoms. The van der Waals surface area contributed by atoms with E-state index in [-0.39, 0.29) is 22.6 Å². The highest BCUT2D eigenvalue weighted by Gasteiger charge is 2.27. The molecule has 0 fully saturated rings. The fourth-order valence-corrected chi connectivity index (χ4v) is 4.11. The summed E-state index contributed by atoms with van der Waals surface area (Å²) in [7, 11) is 0. The summed E-state index contributed by atoms with van der Waals surface area (Å²) in [5.41, 5.74) is 3.09. The molecular formula is C19H29N5OS. The molecular weight excluding hydrogens is 346 g/mol. The van der Waals surface area contributed by atoms with Crippen LogP contribution in [-0.4, -0.2) is 37.4 Å². The second kappa shape index (κ2) is 7.78. The lowest BCUT2D eigenvalue weighted by atomic mass is 9.82. The van der Waals surface area contributed by atoms with Crippen LogP contribution in [0.15, 0.2) is 23.4 Å². The Morgan fingerprint density at radius 2 is 1.73 bits per heavy atom. The highest BCUT2D eigenvalue weighted by Crippen LogP contribution is 2.27. The first-order valence-electron chi connectivity index (χ1n) is 8.76. The van der Waals surface area contributed by atoms with Gasteiger partial charge in [0.1, 0.15) is 0 Å². The molecule has 1 amide bonds. The summed E-state index contributed by atoms with van der Waals surface area (Å²) in [6.45, 7) is 14.7. The van der Waals surface area contributed by atoms with E-state index >= 15 is 0 Å². The summed E-state index contributed by atoms with van der Waals surface area (Å²) in [5.74, 6) is 0.262. The van der Waals surface area contributed by atoms with Gasteiger partial charge >= 0.3 is 0 Å². The van der Waals surface area contributed by atoms with Crippen molar-refractivity contribution in [3.63, 3.8) is 0 Å². The number of hydrogen-bond donors (Lipinski definition) is 1. The van der Waals surface area contributed by atoms with Crippen LogP contribution in [0.2, 0.25) is 0 Å². The van der Waals surface area contributed by atoms with Crippen molar-refractivity contribution < 1.29 is 4.79 Å². The molecule has 0 aliphatic carbocycles. The first-order valence-corrected chi connectivity index (χ1v) is 9.75. The molecule has 2 aromatic rings. The summed E-state index contributed by atoms with van der Waals surface area (Å²) in [6, 6.07) is 6.16.